The minimum absolute atomic E-state index is 0.0818. The van der Waals surface area contributed by atoms with Gasteiger partial charge in [0.1, 0.15) is 5.76 Å². The molecular weight excluding hydrogens is 428 g/mol. The van der Waals surface area contributed by atoms with E-state index in [0.29, 0.717) is 42.3 Å². The summed E-state index contributed by atoms with van der Waals surface area (Å²) >= 11 is 6.48. The number of aliphatic hydroxyl groups excluding tert-OH is 1. The molecule has 2 fully saturated rings. The Hall–Kier alpha value is -2.67. The van der Waals surface area contributed by atoms with Crippen molar-refractivity contribution < 1.29 is 19.4 Å². The maximum absolute atomic E-state index is 13.1. The number of ether oxygens (including phenoxy) is 1. The largest absolute Gasteiger partial charge is 0.507 e. The van der Waals surface area contributed by atoms with Gasteiger partial charge in [-0.05, 0) is 25.0 Å². The molecule has 1 amide bonds. The van der Waals surface area contributed by atoms with Crippen LogP contribution in [0, 0.1) is 6.92 Å². The number of aliphatic hydroxyl groups is 1. The fourth-order valence-electron chi connectivity index (χ4n) is 4.29. The van der Waals surface area contributed by atoms with Crippen LogP contribution in [-0.4, -0.2) is 66.0 Å². The second kappa shape index (κ2) is 9.86. The number of morpholine rings is 1. The van der Waals surface area contributed by atoms with Crippen molar-refractivity contribution in [3.05, 3.63) is 75.8 Å². The summed E-state index contributed by atoms with van der Waals surface area (Å²) in [5.41, 5.74) is 2.25. The SMILES string of the molecule is Cc1ccc(/C(O)=C2/C(=O)C(=O)N(CCCN3CCOCC3)C2c2ccccc2Cl)cc1. The summed E-state index contributed by atoms with van der Waals surface area (Å²) in [5.74, 6) is -1.46. The number of amides is 1. The molecule has 0 saturated carbocycles. The van der Waals surface area contributed by atoms with Gasteiger partial charge in [0, 0.05) is 36.8 Å². The lowest BCUT2D eigenvalue weighted by Gasteiger charge is -2.29. The van der Waals surface area contributed by atoms with E-state index in [1.807, 2.05) is 25.1 Å². The van der Waals surface area contributed by atoms with E-state index in [1.54, 1.807) is 35.2 Å². The van der Waals surface area contributed by atoms with Gasteiger partial charge in [0.25, 0.3) is 11.7 Å². The smallest absolute Gasteiger partial charge is 0.295 e. The molecule has 2 aromatic rings. The number of hydrogen-bond donors (Lipinski definition) is 1. The second-order valence-electron chi connectivity index (χ2n) is 8.19. The van der Waals surface area contributed by atoms with Crippen LogP contribution in [0.4, 0.5) is 0 Å². The average Bonchev–Trinajstić information content (AvgIpc) is 3.05. The van der Waals surface area contributed by atoms with Crippen LogP contribution >= 0.6 is 11.6 Å². The van der Waals surface area contributed by atoms with Gasteiger partial charge in [-0.3, -0.25) is 14.5 Å². The fourth-order valence-corrected chi connectivity index (χ4v) is 4.53. The highest BCUT2D eigenvalue weighted by atomic mass is 35.5. The number of ketones is 1. The molecule has 1 atom stereocenters. The van der Waals surface area contributed by atoms with Crippen molar-refractivity contribution in [3.8, 4) is 0 Å². The van der Waals surface area contributed by atoms with E-state index >= 15 is 0 Å². The number of carbonyl (C=O) groups excluding carboxylic acids is 2. The molecule has 32 heavy (non-hydrogen) atoms. The maximum Gasteiger partial charge on any atom is 0.295 e. The standard InChI is InChI=1S/C25H27ClN2O4/c1-17-7-9-18(10-8-17)23(29)21-22(19-5-2-3-6-20(19)26)28(25(31)24(21)30)12-4-11-27-13-15-32-16-14-27/h2-3,5-10,22,29H,4,11-16H2,1H3/b23-21-. The number of likely N-dealkylation sites (tertiary alicyclic amines) is 1. The Morgan fingerprint density at radius 2 is 1.75 bits per heavy atom. The van der Waals surface area contributed by atoms with Gasteiger partial charge in [-0.25, -0.2) is 0 Å². The molecular formula is C25H27ClN2O4. The van der Waals surface area contributed by atoms with Gasteiger partial charge in [-0.15, -0.1) is 0 Å². The molecule has 2 heterocycles. The number of rotatable bonds is 6. The van der Waals surface area contributed by atoms with E-state index in [4.69, 9.17) is 16.3 Å². The molecule has 2 aromatic carbocycles. The van der Waals surface area contributed by atoms with Gasteiger partial charge in [0.15, 0.2) is 0 Å². The number of hydrogen-bond acceptors (Lipinski definition) is 5. The van der Waals surface area contributed by atoms with E-state index < -0.39 is 17.7 Å². The Labute approximate surface area is 193 Å². The number of aryl methyl sites for hydroxylation is 1. The third-order valence-electron chi connectivity index (χ3n) is 6.04. The maximum atomic E-state index is 13.1. The normalized spacial score (nSPS) is 21.3. The molecule has 6 nitrogen and oxygen atoms in total. The first-order valence-electron chi connectivity index (χ1n) is 10.9. The van der Waals surface area contributed by atoms with Gasteiger partial charge in [0.05, 0.1) is 24.8 Å². The van der Waals surface area contributed by atoms with Crippen LogP contribution < -0.4 is 0 Å². The van der Waals surface area contributed by atoms with E-state index in [2.05, 4.69) is 4.90 Å². The van der Waals surface area contributed by atoms with Crippen LogP contribution in [0.1, 0.15) is 29.2 Å². The van der Waals surface area contributed by atoms with Crippen molar-refractivity contribution in [2.24, 2.45) is 0 Å². The third kappa shape index (κ3) is 4.58. The Morgan fingerprint density at radius 3 is 2.44 bits per heavy atom. The summed E-state index contributed by atoms with van der Waals surface area (Å²) in [7, 11) is 0. The van der Waals surface area contributed by atoms with Crippen LogP contribution in [0.3, 0.4) is 0 Å². The molecule has 1 N–H and O–H groups in total. The van der Waals surface area contributed by atoms with Gasteiger partial charge in [-0.1, -0.05) is 59.6 Å². The summed E-state index contributed by atoms with van der Waals surface area (Å²) in [4.78, 5) is 29.9. The summed E-state index contributed by atoms with van der Waals surface area (Å²) in [6.07, 6.45) is 0.707. The summed E-state index contributed by atoms with van der Waals surface area (Å²) in [5, 5.41) is 11.5. The highest BCUT2D eigenvalue weighted by molar-refractivity contribution is 6.47. The first-order valence-corrected chi connectivity index (χ1v) is 11.2. The molecule has 2 aliphatic rings. The van der Waals surface area contributed by atoms with Crippen molar-refractivity contribution in [3.63, 3.8) is 0 Å². The van der Waals surface area contributed by atoms with Crippen molar-refractivity contribution in [1.29, 1.82) is 0 Å². The highest BCUT2D eigenvalue weighted by Crippen LogP contribution is 2.41. The Balaban J connectivity index is 1.68. The minimum atomic E-state index is -0.727. The molecule has 168 valence electrons. The molecule has 0 spiro atoms. The van der Waals surface area contributed by atoms with Crippen LogP contribution in [0.25, 0.3) is 5.76 Å². The van der Waals surface area contributed by atoms with Crippen LogP contribution in [-0.2, 0) is 14.3 Å². The third-order valence-corrected chi connectivity index (χ3v) is 6.39. The average molecular weight is 455 g/mol. The summed E-state index contributed by atoms with van der Waals surface area (Å²) < 4.78 is 5.39. The number of carbonyl (C=O) groups is 2. The number of nitrogens with zero attached hydrogens (tertiary/aromatic N) is 2. The van der Waals surface area contributed by atoms with Crippen molar-refractivity contribution in [2.45, 2.75) is 19.4 Å². The molecule has 7 heteroatoms. The van der Waals surface area contributed by atoms with Crippen molar-refractivity contribution >= 4 is 29.1 Å². The minimum Gasteiger partial charge on any atom is -0.507 e. The lowest BCUT2D eigenvalue weighted by Crippen LogP contribution is -2.39. The number of benzene rings is 2. The Bertz CT molecular complexity index is 1030. The van der Waals surface area contributed by atoms with Crippen molar-refractivity contribution in [2.75, 3.05) is 39.4 Å². The lowest BCUT2D eigenvalue weighted by molar-refractivity contribution is -0.140. The number of halogens is 1. The molecule has 4 rings (SSSR count). The zero-order chi connectivity index (χ0) is 22.7. The first kappa shape index (κ1) is 22.5. The summed E-state index contributed by atoms with van der Waals surface area (Å²) in [6, 6.07) is 13.6. The predicted octanol–water partition coefficient (Wildman–Crippen LogP) is 3.79. The zero-order valence-corrected chi connectivity index (χ0v) is 18.8. The second-order valence-corrected chi connectivity index (χ2v) is 8.59. The molecule has 0 bridgehead atoms. The Kier molecular flexibility index (Phi) is 6.94. The van der Waals surface area contributed by atoms with Crippen molar-refractivity contribution in [1.82, 2.24) is 9.80 Å². The van der Waals surface area contributed by atoms with E-state index in [9.17, 15) is 14.7 Å². The fraction of sp³-hybridized carbons (Fsp3) is 0.360. The topological polar surface area (TPSA) is 70.1 Å². The first-order chi connectivity index (χ1) is 15.5. The van der Waals surface area contributed by atoms with E-state index in [0.717, 1.165) is 25.2 Å². The van der Waals surface area contributed by atoms with Gasteiger partial charge in [-0.2, -0.15) is 0 Å². The lowest BCUT2D eigenvalue weighted by atomic mass is 9.95. The monoisotopic (exact) mass is 454 g/mol. The highest BCUT2D eigenvalue weighted by Gasteiger charge is 2.46. The quantitative estimate of drug-likeness (QED) is 0.408. The van der Waals surface area contributed by atoms with Gasteiger partial charge >= 0.3 is 0 Å². The van der Waals surface area contributed by atoms with Gasteiger partial charge in [0.2, 0.25) is 0 Å². The van der Waals surface area contributed by atoms with Gasteiger partial charge < -0.3 is 14.7 Å². The van der Waals surface area contributed by atoms with E-state index in [1.165, 1.54) is 0 Å². The molecule has 0 aliphatic carbocycles. The Morgan fingerprint density at radius 1 is 1.06 bits per heavy atom. The molecule has 1 unspecified atom stereocenters. The number of Topliss-reactive ketones (excluding diaryl/α,β-unsaturated/α-hetero) is 1. The van der Waals surface area contributed by atoms with Crippen LogP contribution in [0.5, 0.6) is 0 Å². The summed E-state index contributed by atoms with van der Waals surface area (Å²) in [6.45, 7) is 6.28. The van der Waals surface area contributed by atoms with Crippen LogP contribution in [0.2, 0.25) is 5.02 Å². The molecule has 0 radical (unpaired) electrons. The predicted molar refractivity (Wildman–Crippen MR) is 124 cm³/mol. The van der Waals surface area contributed by atoms with E-state index in [-0.39, 0.29) is 11.3 Å². The van der Waals surface area contributed by atoms with Crippen LogP contribution in [0.15, 0.2) is 54.1 Å². The molecule has 2 saturated heterocycles. The zero-order valence-electron chi connectivity index (χ0n) is 18.1. The molecule has 0 aromatic heterocycles. The molecule has 2 aliphatic heterocycles.